The predicted octanol–water partition coefficient (Wildman–Crippen LogP) is 5.48. The van der Waals surface area contributed by atoms with Crippen LogP contribution in [0.15, 0.2) is 36.4 Å². The molecule has 4 rings (SSSR count). The van der Waals surface area contributed by atoms with Crippen LogP contribution in [-0.2, 0) is 22.2 Å². The molecule has 1 aliphatic carbocycles. The first-order valence-corrected chi connectivity index (χ1v) is 12.5. The fraction of sp³-hybridized carbons (Fsp3) is 0.407. The molecule has 0 unspecified atom stereocenters. The number of hydrogen-bond donors (Lipinski definition) is 1. The Bertz CT molecular complexity index is 1340. The molecular weight excluding hydrogens is 520 g/mol. The number of alkyl halides is 3. The number of aryl methyl sites for hydroxylation is 1. The van der Waals surface area contributed by atoms with Crippen LogP contribution in [0.1, 0.15) is 56.2 Å². The van der Waals surface area contributed by atoms with Gasteiger partial charge in [-0.05, 0) is 74.2 Å². The molecule has 1 heterocycles. The fourth-order valence-electron chi connectivity index (χ4n) is 5.02. The van der Waals surface area contributed by atoms with Crippen molar-refractivity contribution in [2.75, 3.05) is 16.8 Å². The molecule has 200 valence electrons. The summed E-state index contributed by atoms with van der Waals surface area (Å²) in [4.78, 5) is 28.1. The van der Waals surface area contributed by atoms with Gasteiger partial charge in [0.25, 0.3) is 5.91 Å². The van der Waals surface area contributed by atoms with Crippen molar-refractivity contribution in [3.63, 3.8) is 0 Å². The van der Waals surface area contributed by atoms with Gasteiger partial charge in [0.15, 0.2) is 10.9 Å². The molecule has 38 heavy (non-hydrogen) atoms. The minimum absolute atomic E-state index is 0.0641. The van der Waals surface area contributed by atoms with Crippen molar-refractivity contribution in [3.05, 3.63) is 58.9 Å². The lowest BCUT2D eigenvalue weighted by atomic mass is 9.75. The predicted molar refractivity (Wildman–Crippen MR) is 138 cm³/mol. The number of carbonyl (C=O) groups excluding carboxylic acids is 2. The van der Waals surface area contributed by atoms with Crippen LogP contribution < -0.4 is 15.1 Å². The van der Waals surface area contributed by atoms with Gasteiger partial charge in [-0.3, -0.25) is 14.5 Å². The Hall–Kier alpha value is -3.52. The second-order valence-electron chi connectivity index (χ2n) is 10.2. The van der Waals surface area contributed by atoms with Gasteiger partial charge < -0.3 is 10.2 Å². The molecular formula is C27H26F4N4O2S. The molecule has 1 saturated carbocycles. The zero-order chi connectivity index (χ0) is 28.0. The summed E-state index contributed by atoms with van der Waals surface area (Å²) in [5.74, 6) is -2.37. The second kappa shape index (κ2) is 9.66. The number of benzene rings is 2. The van der Waals surface area contributed by atoms with Gasteiger partial charge in [0.1, 0.15) is 11.1 Å². The summed E-state index contributed by atoms with van der Waals surface area (Å²) in [5, 5.41) is 11.6. The molecule has 1 aliphatic heterocycles. The van der Waals surface area contributed by atoms with Gasteiger partial charge in [-0.15, -0.1) is 0 Å². The van der Waals surface area contributed by atoms with Crippen LogP contribution in [0.4, 0.5) is 28.9 Å². The molecule has 6 nitrogen and oxygen atoms in total. The van der Waals surface area contributed by atoms with Crippen LogP contribution in [-0.4, -0.2) is 29.5 Å². The van der Waals surface area contributed by atoms with Crippen molar-refractivity contribution in [1.29, 1.82) is 5.26 Å². The topological polar surface area (TPSA) is 76.4 Å². The largest absolute Gasteiger partial charge is 0.420 e. The number of nitrogens with one attached hydrogen (secondary N) is 1. The molecule has 2 aromatic carbocycles. The maximum Gasteiger partial charge on any atom is 0.420 e. The Morgan fingerprint density at radius 3 is 2.29 bits per heavy atom. The maximum absolute atomic E-state index is 15.3. The van der Waals surface area contributed by atoms with Crippen LogP contribution in [0.5, 0.6) is 0 Å². The third kappa shape index (κ3) is 4.41. The summed E-state index contributed by atoms with van der Waals surface area (Å²) in [5.41, 5.74) is -3.39. The normalized spacial score (nSPS) is 17.0. The Morgan fingerprint density at radius 2 is 1.79 bits per heavy atom. The molecule has 1 spiro atoms. The molecule has 0 aromatic heterocycles. The number of anilines is 2. The summed E-state index contributed by atoms with van der Waals surface area (Å²) in [6.45, 7) is 3.71. The summed E-state index contributed by atoms with van der Waals surface area (Å²) < 4.78 is 56.1. The van der Waals surface area contributed by atoms with Crippen molar-refractivity contribution >= 4 is 40.5 Å². The molecule has 0 radical (unpaired) electrons. The monoisotopic (exact) mass is 546 g/mol. The molecule has 2 aromatic rings. The van der Waals surface area contributed by atoms with Crippen molar-refractivity contribution in [1.82, 2.24) is 5.32 Å². The smallest absolute Gasteiger partial charge is 0.359 e. The van der Waals surface area contributed by atoms with Crippen LogP contribution >= 0.6 is 12.2 Å². The van der Waals surface area contributed by atoms with Crippen molar-refractivity contribution in [2.24, 2.45) is 5.41 Å². The molecule has 0 bridgehead atoms. The molecule has 1 N–H and O–H groups in total. The average molecular weight is 547 g/mol. The number of hydrogen-bond acceptors (Lipinski definition) is 4. The van der Waals surface area contributed by atoms with Crippen LogP contribution in [0.2, 0.25) is 0 Å². The number of carbonyl (C=O) groups is 2. The van der Waals surface area contributed by atoms with E-state index in [2.05, 4.69) is 5.32 Å². The Kier molecular flexibility index (Phi) is 6.99. The molecule has 2 fully saturated rings. The molecule has 1 saturated heterocycles. The van der Waals surface area contributed by atoms with Gasteiger partial charge in [-0.1, -0.05) is 26.0 Å². The second-order valence-corrected chi connectivity index (χ2v) is 10.6. The number of nitriles is 1. The van der Waals surface area contributed by atoms with E-state index in [1.54, 1.807) is 24.1 Å². The van der Waals surface area contributed by atoms with E-state index in [1.165, 1.54) is 6.07 Å². The summed E-state index contributed by atoms with van der Waals surface area (Å²) in [6.07, 6.45) is -2.38. The SMILES string of the molecule is CNC(=O)C(C)(C)CCc1ccc(N2C(=S)N(c3ccc(C#N)c(C(F)(F)F)c3F)C(=O)C23CCC3)cc1. The molecule has 0 atom stereocenters. The van der Waals surface area contributed by atoms with Crippen molar-refractivity contribution < 1.29 is 27.2 Å². The van der Waals surface area contributed by atoms with E-state index in [1.807, 2.05) is 26.0 Å². The van der Waals surface area contributed by atoms with E-state index in [9.17, 15) is 22.8 Å². The first-order valence-electron chi connectivity index (χ1n) is 12.1. The van der Waals surface area contributed by atoms with E-state index in [4.69, 9.17) is 17.5 Å². The van der Waals surface area contributed by atoms with Crippen molar-refractivity contribution in [3.8, 4) is 6.07 Å². The van der Waals surface area contributed by atoms with E-state index >= 15 is 4.39 Å². The highest BCUT2D eigenvalue weighted by Crippen LogP contribution is 2.49. The quantitative estimate of drug-likeness (QED) is 0.384. The number of thiocarbonyl (C=S) groups is 1. The molecule has 11 heteroatoms. The van der Waals surface area contributed by atoms with Crippen molar-refractivity contribution in [2.45, 2.75) is 57.7 Å². The highest BCUT2D eigenvalue weighted by Gasteiger charge is 2.60. The minimum atomic E-state index is -5.13. The minimum Gasteiger partial charge on any atom is -0.359 e. The summed E-state index contributed by atoms with van der Waals surface area (Å²) in [6, 6.07) is 10.4. The van der Waals surface area contributed by atoms with Gasteiger partial charge in [-0.25, -0.2) is 4.39 Å². The summed E-state index contributed by atoms with van der Waals surface area (Å²) in [7, 11) is 1.59. The first kappa shape index (κ1) is 27.5. The van der Waals surface area contributed by atoms with E-state index < -0.39 is 45.7 Å². The average Bonchev–Trinajstić information content (AvgIpc) is 3.08. The molecule has 2 aliphatic rings. The van der Waals surface area contributed by atoms with Gasteiger partial charge in [-0.2, -0.15) is 18.4 Å². The zero-order valence-electron chi connectivity index (χ0n) is 21.1. The summed E-state index contributed by atoms with van der Waals surface area (Å²) >= 11 is 5.56. The zero-order valence-corrected chi connectivity index (χ0v) is 21.9. The Labute approximate surface area is 223 Å². The third-order valence-electron chi connectivity index (χ3n) is 7.43. The Morgan fingerprint density at radius 1 is 1.16 bits per heavy atom. The van der Waals surface area contributed by atoms with E-state index in [0.717, 1.165) is 22.6 Å². The molecule has 2 amide bonds. The van der Waals surface area contributed by atoms with E-state index in [-0.39, 0.29) is 11.0 Å². The van der Waals surface area contributed by atoms with Crippen LogP contribution in [0, 0.1) is 22.6 Å². The lowest BCUT2D eigenvalue weighted by Gasteiger charge is -2.43. The number of amides is 2. The highest BCUT2D eigenvalue weighted by atomic mass is 32.1. The van der Waals surface area contributed by atoms with Gasteiger partial charge in [0.05, 0.1) is 17.3 Å². The van der Waals surface area contributed by atoms with Crippen LogP contribution in [0.3, 0.4) is 0 Å². The van der Waals surface area contributed by atoms with Gasteiger partial charge >= 0.3 is 6.18 Å². The third-order valence-corrected chi connectivity index (χ3v) is 7.80. The number of rotatable bonds is 6. The number of nitrogens with zero attached hydrogens (tertiary/aromatic N) is 3. The number of halogens is 4. The van der Waals surface area contributed by atoms with Gasteiger partial charge in [0.2, 0.25) is 5.91 Å². The fourth-order valence-corrected chi connectivity index (χ4v) is 5.48. The first-order chi connectivity index (χ1) is 17.8. The highest BCUT2D eigenvalue weighted by molar-refractivity contribution is 7.81. The standard InChI is InChI=1S/C27H26F4N4O2S/c1-25(2,22(36)33-3)14-11-16-5-8-18(9-6-16)35-24(38)34(23(37)26(35)12-4-13-26)19-10-7-17(15-32)20(21(19)28)27(29,30)31/h5-10H,4,11-14H2,1-3H3,(H,33,36). The van der Waals surface area contributed by atoms with Crippen LogP contribution in [0.25, 0.3) is 0 Å². The van der Waals surface area contributed by atoms with E-state index in [0.29, 0.717) is 37.8 Å². The lowest BCUT2D eigenvalue weighted by molar-refractivity contribution is -0.140. The lowest BCUT2D eigenvalue weighted by Crippen LogP contribution is -2.55. The maximum atomic E-state index is 15.3. The van der Waals surface area contributed by atoms with Gasteiger partial charge in [0, 0.05) is 18.2 Å². The Balaban J connectivity index is 1.67.